The van der Waals surface area contributed by atoms with Crippen molar-refractivity contribution in [2.75, 3.05) is 11.9 Å². The Morgan fingerprint density at radius 1 is 1.35 bits per heavy atom. The van der Waals surface area contributed by atoms with Crippen LogP contribution < -0.4 is 10.1 Å². The van der Waals surface area contributed by atoms with Crippen LogP contribution in [0.3, 0.4) is 0 Å². The van der Waals surface area contributed by atoms with Crippen molar-refractivity contribution in [1.82, 2.24) is 10.2 Å². The summed E-state index contributed by atoms with van der Waals surface area (Å²) < 4.78 is 5.63. The summed E-state index contributed by atoms with van der Waals surface area (Å²) in [4.78, 5) is 12.3. The lowest BCUT2D eigenvalue weighted by Crippen LogP contribution is -2.14. The topological polar surface area (TPSA) is 67.0 Å². The summed E-state index contributed by atoms with van der Waals surface area (Å²) in [6.07, 6.45) is 0.919. The molecule has 2 N–H and O–H groups in total. The van der Waals surface area contributed by atoms with Gasteiger partial charge in [-0.1, -0.05) is 19.1 Å². The lowest BCUT2D eigenvalue weighted by Gasteiger charge is -2.12. The molecule has 0 saturated heterocycles. The standard InChI is InChI=1S/C15H19N3O2/c1-4-9-20-13-8-6-5-7-12(13)16-15(19)14-10(2)17-18-11(14)3/h5-8H,4,9H2,1-3H3,(H,16,19)(H,17,18). The molecule has 1 amide bonds. The molecular weight excluding hydrogens is 254 g/mol. The first-order chi connectivity index (χ1) is 9.63. The molecule has 2 rings (SSSR count). The third kappa shape index (κ3) is 2.99. The average Bonchev–Trinajstić information content (AvgIpc) is 2.77. The maximum Gasteiger partial charge on any atom is 0.259 e. The summed E-state index contributed by atoms with van der Waals surface area (Å²) in [6.45, 7) is 6.29. The Morgan fingerprint density at radius 2 is 2.10 bits per heavy atom. The summed E-state index contributed by atoms with van der Waals surface area (Å²) in [5, 5.41) is 9.72. The molecule has 0 spiro atoms. The van der Waals surface area contributed by atoms with E-state index in [1.165, 1.54) is 0 Å². The number of para-hydroxylation sites is 2. The van der Waals surface area contributed by atoms with Gasteiger partial charge in [0.2, 0.25) is 0 Å². The van der Waals surface area contributed by atoms with Crippen molar-refractivity contribution in [3.63, 3.8) is 0 Å². The van der Waals surface area contributed by atoms with Crippen LogP contribution in [0, 0.1) is 13.8 Å². The van der Waals surface area contributed by atoms with Gasteiger partial charge < -0.3 is 10.1 Å². The number of ether oxygens (including phenoxy) is 1. The molecule has 0 aliphatic heterocycles. The Labute approximate surface area is 118 Å². The molecular formula is C15H19N3O2. The lowest BCUT2D eigenvalue weighted by atomic mass is 10.2. The quantitative estimate of drug-likeness (QED) is 0.879. The van der Waals surface area contributed by atoms with Crippen LogP contribution in [0.25, 0.3) is 0 Å². The molecule has 0 aliphatic rings. The van der Waals surface area contributed by atoms with Gasteiger partial charge in [0, 0.05) is 5.69 Å². The summed E-state index contributed by atoms with van der Waals surface area (Å²) in [5.41, 5.74) is 2.69. The van der Waals surface area contributed by atoms with Crippen LogP contribution in [0.5, 0.6) is 5.75 Å². The molecule has 1 aromatic heterocycles. The van der Waals surface area contributed by atoms with Gasteiger partial charge in [-0.15, -0.1) is 0 Å². The number of hydrogen-bond donors (Lipinski definition) is 2. The minimum absolute atomic E-state index is 0.179. The number of H-pyrrole nitrogens is 1. The van der Waals surface area contributed by atoms with Crippen molar-refractivity contribution >= 4 is 11.6 Å². The molecule has 0 aliphatic carbocycles. The summed E-state index contributed by atoms with van der Waals surface area (Å²) in [5.74, 6) is 0.503. The number of benzene rings is 1. The van der Waals surface area contributed by atoms with Crippen molar-refractivity contribution in [1.29, 1.82) is 0 Å². The number of hydrogen-bond acceptors (Lipinski definition) is 3. The molecule has 5 nitrogen and oxygen atoms in total. The fourth-order valence-corrected chi connectivity index (χ4v) is 1.98. The molecule has 0 fully saturated rings. The number of anilines is 1. The number of carbonyl (C=O) groups is 1. The molecule has 1 heterocycles. The zero-order valence-electron chi connectivity index (χ0n) is 12.0. The Morgan fingerprint density at radius 3 is 2.75 bits per heavy atom. The first kappa shape index (κ1) is 14.1. The lowest BCUT2D eigenvalue weighted by molar-refractivity contribution is 0.102. The maximum atomic E-state index is 12.3. The van der Waals surface area contributed by atoms with E-state index in [2.05, 4.69) is 15.5 Å². The number of aromatic nitrogens is 2. The Bertz CT molecular complexity index is 585. The maximum absolute atomic E-state index is 12.3. The second-order valence-corrected chi connectivity index (χ2v) is 4.61. The first-order valence-corrected chi connectivity index (χ1v) is 6.68. The van der Waals surface area contributed by atoms with Gasteiger partial charge in [0.1, 0.15) is 5.75 Å². The number of aromatic amines is 1. The molecule has 20 heavy (non-hydrogen) atoms. The molecule has 0 atom stereocenters. The van der Waals surface area contributed by atoms with E-state index in [0.29, 0.717) is 29.3 Å². The van der Waals surface area contributed by atoms with E-state index in [1.54, 1.807) is 6.92 Å². The van der Waals surface area contributed by atoms with E-state index in [0.717, 1.165) is 12.1 Å². The van der Waals surface area contributed by atoms with Gasteiger partial charge in [0.05, 0.1) is 23.6 Å². The van der Waals surface area contributed by atoms with Crippen molar-refractivity contribution in [3.05, 3.63) is 41.2 Å². The largest absolute Gasteiger partial charge is 0.491 e. The second-order valence-electron chi connectivity index (χ2n) is 4.61. The predicted molar refractivity (Wildman–Crippen MR) is 78.2 cm³/mol. The number of rotatable bonds is 5. The summed E-state index contributed by atoms with van der Waals surface area (Å²) >= 11 is 0. The predicted octanol–water partition coefficient (Wildman–Crippen LogP) is 3.07. The van der Waals surface area contributed by atoms with Crippen LogP contribution in [-0.4, -0.2) is 22.7 Å². The van der Waals surface area contributed by atoms with Crippen LogP contribution in [0.2, 0.25) is 0 Å². The van der Waals surface area contributed by atoms with Gasteiger partial charge in [-0.25, -0.2) is 0 Å². The number of aryl methyl sites for hydroxylation is 2. The van der Waals surface area contributed by atoms with Gasteiger partial charge in [0.25, 0.3) is 5.91 Å². The highest BCUT2D eigenvalue weighted by Crippen LogP contribution is 2.25. The molecule has 0 bridgehead atoms. The number of carbonyl (C=O) groups excluding carboxylic acids is 1. The van der Waals surface area contributed by atoms with Crippen molar-refractivity contribution < 1.29 is 9.53 Å². The fraction of sp³-hybridized carbons (Fsp3) is 0.333. The monoisotopic (exact) mass is 273 g/mol. The van der Waals surface area contributed by atoms with E-state index < -0.39 is 0 Å². The molecule has 106 valence electrons. The van der Waals surface area contributed by atoms with Crippen LogP contribution in [-0.2, 0) is 0 Å². The Hall–Kier alpha value is -2.30. The SMILES string of the molecule is CCCOc1ccccc1NC(=O)c1c(C)n[nH]c1C. The first-order valence-electron chi connectivity index (χ1n) is 6.68. The fourth-order valence-electron chi connectivity index (χ4n) is 1.98. The zero-order valence-corrected chi connectivity index (χ0v) is 12.0. The minimum atomic E-state index is -0.179. The molecule has 0 unspecified atom stereocenters. The van der Waals surface area contributed by atoms with Crippen LogP contribution in [0.1, 0.15) is 35.1 Å². The molecule has 2 aromatic rings. The molecule has 0 radical (unpaired) electrons. The van der Waals surface area contributed by atoms with E-state index in [1.807, 2.05) is 38.1 Å². The van der Waals surface area contributed by atoms with E-state index in [4.69, 9.17) is 4.74 Å². The normalized spacial score (nSPS) is 10.3. The van der Waals surface area contributed by atoms with Crippen molar-refractivity contribution in [2.45, 2.75) is 27.2 Å². The Kier molecular flexibility index (Phi) is 4.40. The number of amides is 1. The minimum Gasteiger partial charge on any atom is -0.491 e. The zero-order chi connectivity index (χ0) is 14.5. The number of nitrogens with zero attached hydrogens (tertiary/aromatic N) is 1. The van der Waals surface area contributed by atoms with Crippen LogP contribution >= 0.6 is 0 Å². The van der Waals surface area contributed by atoms with E-state index in [9.17, 15) is 4.79 Å². The highest BCUT2D eigenvalue weighted by atomic mass is 16.5. The highest BCUT2D eigenvalue weighted by Gasteiger charge is 2.16. The molecule has 5 heteroatoms. The third-order valence-corrected chi connectivity index (χ3v) is 2.95. The van der Waals surface area contributed by atoms with E-state index >= 15 is 0 Å². The molecule has 1 aromatic carbocycles. The van der Waals surface area contributed by atoms with E-state index in [-0.39, 0.29) is 5.91 Å². The van der Waals surface area contributed by atoms with Crippen molar-refractivity contribution in [3.8, 4) is 5.75 Å². The highest BCUT2D eigenvalue weighted by molar-refractivity contribution is 6.06. The van der Waals surface area contributed by atoms with Gasteiger partial charge in [-0.05, 0) is 32.4 Å². The summed E-state index contributed by atoms with van der Waals surface area (Å²) in [6, 6.07) is 7.42. The molecule has 0 saturated carbocycles. The number of nitrogens with one attached hydrogen (secondary N) is 2. The van der Waals surface area contributed by atoms with Gasteiger partial charge in [-0.2, -0.15) is 5.10 Å². The van der Waals surface area contributed by atoms with Crippen LogP contribution in [0.15, 0.2) is 24.3 Å². The third-order valence-electron chi connectivity index (χ3n) is 2.95. The summed E-state index contributed by atoms with van der Waals surface area (Å²) in [7, 11) is 0. The van der Waals surface area contributed by atoms with Gasteiger partial charge in [-0.3, -0.25) is 9.89 Å². The van der Waals surface area contributed by atoms with Crippen LogP contribution in [0.4, 0.5) is 5.69 Å². The second kappa shape index (κ2) is 6.23. The smallest absolute Gasteiger partial charge is 0.259 e. The van der Waals surface area contributed by atoms with Gasteiger partial charge >= 0.3 is 0 Å². The van der Waals surface area contributed by atoms with Gasteiger partial charge in [0.15, 0.2) is 0 Å². The van der Waals surface area contributed by atoms with Crippen molar-refractivity contribution in [2.24, 2.45) is 0 Å². The average molecular weight is 273 g/mol. The Balaban J connectivity index is 2.20.